The van der Waals surface area contributed by atoms with E-state index in [1.54, 1.807) is 25.1 Å². The molecule has 0 bridgehead atoms. The minimum Gasteiger partial charge on any atom is -0.454 e. The highest BCUT2D eigenvalue weighted by Crippen LogP contribution is 2.36. The molecule has 0 saturated heterocycles. The van der Waals surface area contributed by atoms with E-state index in [1.807, 2.05) is 24.3 Å². The molecular weight excluding hydrogens is 418 g/mol. The Hall–Kier alpha value is -2.94. The van der Waals surface area contributed by atoms with Gasteiger partial charge in [0.25, 0.3) is 0 Å². The predicted molar refractivity (Wildman–Crippen MR) is 121 cm³/mol. The second-order valence-corrected chi connectivity index (χ2v) is 9.24. The molecule has 0 spiro atoms. The molecule has 2 aromatic carbocycles. The number of amides is 1. The topological polar surface area (TPSA) is 88.2 Å². The number of carbonyl (C=O) groups excluding carboxylic acids is 1. The number of ether oxygens (including phenoxy) is 2. The Morgan fingerprint density at radius 1 is 0.968 bits per heavy atom. The third kappa shape index (κ3) is 5.41. The van der Waals surface area contributed by atoms with Crippen molar-refractivity contribution in [1.82, 2.24) is 5.32 Å². The maximum atomic E-state index is 12.6. The monoisotopic (exact) mass is 447 g/mol. The van der Waals surface area contributed by atoms with Crippen molar-refractivity contribution in [1.29, 1.82) is 0 Å². The van der Waals surface area contributed by atoms with Crippen LogP contribution in [-0.2, 0) is 21.4 Å². The fourth-order valence-corrected chi connectivity index (χ4v) is 4.41. The van der Waals surface area contributed by atoms with Crippen LogP contribution in [0.2, 0.25) is 0 Å². The van der Waals surface area contributed by atoms with Crippen LogP contribution in [0.3, 0.4) is 0 Å². The van der Waals surface area contributed by atoms with Gasteiger partial charge >= 0.3 is 0 Å². The Balaban J connectivity index is 1.67. The summed E-state index contributed by atoms with van der Waals surface area (Å²) in [6, 6.07) is 12.8. The van der Waals surface area contributed by atoms with E-state index in [1.165, 1.54) is 0 Å². The van der Waals surface area contributed by atoms with Gasteiger partial charge in [0.1, 0.15) is 6.54 Å². The minimum atomic E-state index is -3.66. The van der Waals surface area contributed by atoms with E-state index in [0.717, 1.165) is 28.6 Å². The van der Waals surface area contributed by atoms with Crippen LogP contribution in [0, 0.1) is 0 Å². The Morgan fingerprint density at radius 2 is 1.61 bits per heavy atom. The van der Waals surface area contributed by atoms with Crippen LogP contribution < -0.4 is 24.0 Å². The first-order valence-electron chi connectivity index (χ1n) is 10.4. The lowest BCUT2D eigenvalue weighted by Crippen LogP contribution is -2.41. The number of hydrogen-bond donors (Lipinski definition) is 1. The van der Waals surface area contributed by atoms with E-state index in [4.69, 9.17) is 9.47 Å². The summed E-state index contributed by atoms with van der Waals surface area (Å²) in [5.74, 6) is 0.502. The van der Waals surface area contributed by atoms with E-state index in [0.29, 0.717) is 23.7 Å². The normalized spacial score (nSPS) is 12.5. The Morgan fingerprint density at radius 3 is 2.26 bits per heavy atom. The van der Waals surface area contributed by atoms with Gasteiger partial charge in [-0.3, -0.25) is 9.10 Å². The summed E-state index contributed by atoms with van der Waals surface area (Å²) in [7, 11) is -3.66. The molecule has 1 N–H and O–H groups in total. The van der Waals surface area contributed by atoms with Gasteiger partial charge in [-0.1, -0.05) is 12.1 Å². The number of fused-ring (bicyclic) bond motifs is 1. The van der Waals surface area contributed by atoms with Crippen LogP contribution in [0.15, 0.2) is 42.5 Å². The van der Waals surface area contributed by atoms with E-state index in [9.17, 15) is 13.2 Å². The smallest absolute Gasteiger partial charge is 0.241 e. The molecule has 168 valence electrons. The lowest BCUT2D eigenvalue weighted by molar-refractivity contribution is -0.119. The average molecular weight is 448 g/mol. The quantitative estimate of drug-likeness (QED) is 0.603. The number of carbonyl (C=O) groups is 1. The van der Waals surface area contributed by atoms with Crippen LogP contribution in [0.5, 0.6) is 11.5 Å². The summed E-state index contributed by atoms with van der Waals surface area (Å²) in [6.45, 7) is 7.70. The van der Waals surface area contributed by atoms with Gasteiger partial charge in [0.05, 0.1) is 11.4 Å². The fourth-order valence-electron chi connectivity index (χ4n) is 3.35. The fraction of sp³-hybridized carbons (Fsp3) is 0.409. The van der Waals surface area contributed by atoms with Crippen molar-refractivity contribution in [3.05, 3.63) is 48.0 Å². The number of benzene rings is 2. The van der Waals surface area contributed by atoms with Gasteiger partial charge in [0.15, 0.2) is 11.5 Å². The van der Waals surface area contributed by atoms with Crippen LogP contribution in [-0.4, -0.2) is 46.5 Å². The molecule has 0 saturated carbocycles. The van der Waals surface area contributed by atoms with E-state index < -0.39 is 10.0 Å². The van der Waals surface area contributed by atoms with Crippen LogP contribution in [0.25, 0.3) is 0 Å². The first kappa shape index (κ1) is 22.7. The lowest BCUT2D eigenvalue weighted by Gasteiger charge is -2.23. The highest BCUT2D eigenvalue weighted by atomic mass is 32.2. The molecule has 0 aliphatic carbocycles. The van der Waals surface area contributed by atoms with Crippen LogP contribution in [0.4, 0.5) is 11.4 Å². The largest absolute Gasteiger partial charge is 0.454 e. The summed E-state index contributed by atoms with van der Waals surface area (Å²) < 4.78 is 37.0. The third-order valence-electron chi connectivity index (χ3n) is 5.19. The van der Waals surface area contributed by atoms with Crippen molar-refractivity contribution >= 4 is 27.3 Å². The van der Waals surface area contributed by atoms with E-state index in [-0.39, 0.29) is 25.0 Å². The summed E-state index contributed by atoms with van der Waals surface area (Å²) in [5.41, 5.74) is 2.44. The van der Waals surface area contributed by atoms with Crippen molar-refractivity contribution in [3.8, 4) is 11.5 Å². The highest BCUT2D eigenvalue weighted by Gasteiger charge is 2.25. The molecule has 31 heavy (non-hydrogen) atoms. The number of anilines is 2. The van der Waals surface area contributed by atoms with Gasteiger partial charge in [0, 0.05) is 31.4 Å². The maximum absolute atomic E-state index is 12.6. The van der Waals surface area contributed by atoms with Crippen molar-refractivity contribution in [2.75, 3.05) is 41.4 Å². The number of nitrogens with one attached hydrogen (secondary N) is 1. The zero-order chi connectivity index (χ0) is 22.4. The van der Waals surface area contributed by atoms with E-state index in [2.05, 4.69) is 24.1 Å². The SMILES string of the molecule is CCN(CC)c1ccc(CNC(=O)CN(c2ccc3c(c2)OCO3)S(=O)(=O)CC)cc1. The van der Waals surface area contributed by atoms with Gasteiger partial charge in [-0.25, -0.2) is 8.42 Å². The molecule has 0 aromatic heterocycles. The highest BCUT2D eigenvalue weighted by molar-refractivity contribution is 7.92. The van der Waals surface area contributed by atoms with Gasteiger partial charge in [-0.15, -0.1) is 0 Å². The van der Waals surface area contributed by atoms with Crippen molar-refractivity contribution in [2.45, 2.75) is 27.3 Å². The van der Waals surface area contributed by atoms with Gasteiger partial charge in [-0.05, 0) is 50.6 Å². The van der Waals surface area contributed by atoms with Crippen molar-refractivity contribution in [3.63, 3.8) is 0 Å². The molecule has 0 atom stereocenters. The van der Waals surface area contributed by atoms with Gasteiger partial charge < -0.3 is 19.7 Å². The molecule has 1 aliphatic rings. The zero-order valence-corrected chi connectivity index (χ0v) is 18.9. The first-order chi connectivity index (χ1) is 14.9. The zero-order valence-electron chi connectivity index (χ0n) is 18.1. The summed E-state index contributed by atoms with van der Waals surface area (Å²) in [4.78, 5) is 14.8. The molecule has 1 aliphatic heterocycles. The summed E-state index contributed by atoms with van der Waals surface area (Å²) >= 11 is 0. The second-order valence-electron chi connectivity index (χ2n) is 7.06. The molecule has 0 radical (unpaired) electrons. The van der Waals surface area contributed by atoms with E-state index >= 15 is 0 Å². The molecule has 8 nitrogen and oxygen atoms in total. The van der Waals surface area contributed by atoms with Gasteiger partial charge in [0.2, 0.25) is 22.7 Å². The molecule has 9 heteroatoms. The molecule has 0 fully saturated rings. The number of nitrogens with zero attached hydrogens (tertiary/aromatic N) is 2. The maximum Gasteiger partial charge on any atom is 0.241 e. The predicted octanol–water partition coefficient (Wildman–Crippen LogP) is 2.73. The first-order valence-corrected chi connectivity index (χ1v) is 12.0. The molecule has 0 unspecified atom stereocenters. The van der Waals surface area contributed by atoms with Crippen LogP contribution in [0.1, 0.15) is 26.3 Å². The van der Waals surface area contributed by atoms with Gasteiger partial charge in [-0.2, -0.15) is 0 Å². The minimum absolute atomic E-state index is 0.0901. The number of rotatable bonds is 10. The standard InChI is InChI=1S/C22H29N3O5S/c1-4-24(5-2)18-9-7-17(8-10-18)14-23-22(26)15-25(31(27,28)6-3)19-11-12-20-21(13-19)30-16-29-20/h7-13H,4-6,14-16H2,1-3H3,(H,23,26). The molecule has 3 rings (SSSR count). The Bertz CT molecular complexity index is 1000. The average Bonchev–Trinajstić information content (AvgIpc) is 3.25. The Labute approximate surface area is 183 Å². The van der Waals surface area contributed by atoms with Crippen molar-refractivity contribution < 1.29 is 22.7 Å². The summed E-state index contributed by atoms with van der Waals surface area (Å²) in [6.07, 6.45) is 0. The molecule has 1 amide bonds. The lowest BCUT2D eigenvalue weighted by atomic mass is 10.2. The number of sulfonamides is 1. The summed E-state index contributed by atoms with van der Waals surface area (Å²) in [5, 5.41) is 2.81. The second kappa shape index (κ2) is 9.91. The molecule has 2 aromatic rings. The number of hydrogen-bond acceptors (Lipinski definition) is 6. The third-order valence-corrected chi connectivity index (χ3v) is 6.93. The molecular formula is C22H29N3O5S. The van der Waals surface area contributed by atoms with Crippen LogP contribution >= 0.6 is 0 Å². The Kier molecular flexibility index (Phi) is 7.27. The molecule has 1 heterocycles. The van der Waals surface area contributed by atoms with Crippen molar-refractivity contribution in [2.24, 2.45) is 0 Å².